The Labute approximate surface area is 220 Å². The average molecular weight is 525 g/mol. The number of aryl methyl sites for hydroxylation is 2. The minimum atomic E-state index is -0.539. The number of alkyl halides is 1. The first-order valence-corrected chi connectivity index (χ1v) is 12.5. The maximum Gasteiger partial charge on any atom is 0.321 e. The molecule has 0 radical (unpaired) electrons. The fourth-order valence-corrected chi connectivity index (χ4v) is 4.66. The molecule has 0 spiro atoms. The van der Waals surface area contributed by atoms with Gasteiger partial charge in [0.25, 0.3) is 11.8 Å². The molecule has 6 nitrogen and oxygen atoms in total. The molecule has 1 aliphatic heterocycles. The summed E-state index contributed by atoms with van der Waals surface area (Å²) in [5.74, 6) is -1.16. The molecular formula is C28H26Cl2N2O4. The zero-order valence-corrected chi connectivity index (χ0v) is 21.5. The molecule has 3 aromatic rings. The summed E-state index contributed by atoms with van der Waals surface area (Å²) in [6, 6.07) is 17.8. The monoisotopic (exact) mass is 524 g/mol. The van der Waals surface area contributed by atoms with Gasteiger partial charge in [-0.1, -0.05) is 29.8 Å². The molecule has 1 heterocycles. The van der Waals surface area contributed by atoms with Crippen LogP contribution in [0.1, 0.15) is 56.4 Å². The number of nitrogens with zero attached hydrogens (tertiary/aromatic N) is 1. The summed E-state index contributed by atoms with van der Waals surface area (Å²) in [5.41, 5.74) is 4.65. The van der Waals surface area contributed by atoms with Gasteiger partial charge in [-0.2, -0.15) is 0 Å². The number of amides is 2. The Bertz CT molecular complexity index is 1320. The van der Waals surface area contributed by atoms with E-state index >= 15 is 0 Å². The Morgan fingerprint density at radius 2 is 1.78 bits per heavy atom. The molecule has 0 bridgehead atoms. The molecule has 36 heavy (non-hydrogen) atoms. The van der Waals surface area contributed by atoms with E-state index < -0.39 is 12.1 Å². The zero-order valence-electron chi connectivity index (χ0n) is 20.0. The molecule has 2 amide bonds. The Hall–Kier alpha value is -3.35. The highest BCUT2D eigenvalue weighted by molar-refractivity contribution is 6.30. The van der Waals surface area contributed by atoms with Crippen molar-refractivity contribution in [2.24, 2.45) is 0 Å². The number of carbonyl (C=O) groups excluding carboxylic acids is 3. The molecule has 0 fully saturated rings. The second-order valence-corrected chi connectivity index (χ2v) is 9.42. The summed E-state index contributed by atoms with van der Waals surface area (Å²) in [7, 11) is 0. The second-order valence-electron chi connectivity index (χ2n) is 8.71. The number of carbonyl (C=O) groups is 3. The lowest BCUT2D eigenvalue weighted by Gasteiger charge is -2.25. The molecule has 1 unspecified atom stereocenters. The molecule has 8 heteroatoms. The largest absolute Gasteiger partial charge is 0.457 e. The van der Waals surface area contributed by atoms with Crippen LogP contribution in [-0.4, -0.2) is 30.2 Å². The average Bonchev–Trinajstić information content (AvgIpc) is 3.03. The summed E-state index contributed by atoms with van der Waals surface area (Å²) >= 11 is 11.9. The van der Waals surface area contributed by atoms with Crippen LogP contribution in [-0.2, 0) is 9.53 Å². The van der Waals surface area contributed by atoms with Crippen molar-refractivity contribution >= 4 is 52.4 Å². The molecule has 3 aromatic carbocycles. The predicted octanol–water partition coefficient (Wildman–Crippen LogP) is 6.47. The van der Waals surface area contributed by atoms with Crippen molar-refractivity contribution in [1.29, 1.82) is 0 Å². The van der Waals surface area contributed by atoms with E-state index in [1.807, 2.05) is 32.0 Å². The maximum absolute atomic E-state index is 13.7. The Balaban J connectivity index is 1.60. The Kier molecular flexibility index (Phi) is 7.97. The van der Waals surface area contributed by atoms with E-state index in [1.54, 1.807) is 47.4 Å². The van der Waals surface area contributed by atoms with E-state index in [4.69, 9.17) is 27.9 Å². The molecule has 0 saturated heterocycles. The van der Waals surface area contributed by atoms with Crippen molar-refractivity contribution < 1.29 is 19.1 Å². The van der Waals surface area contributed by atoms with Crippen LogP contribution in [0.3, 0.4) is 0 Å². The number of nitrogens with one attached hydrogen (secondary N) is 1. The number of rotatable bonds is 5. The zero-order chi connectivity index (χ0) is 25.8. The van der Waals surface area contributed by atoms with Gasteiger partial charge in [-0.25, -0.2) is 0 Å². The molecule has 1 atom stereocenters. The summed E-state index contributed by atoms with van der Waals surface area (Å²) in [6.07, 6.45) is 0.632. The van der Waals surface area contributed by atoms with Gasteiger partial charge in [-0.15, -0.1) is 11.6 Å². The number of hydrogen-bond acceptors (Lipinski definition) is 4. The highest BCUT2D eigenvalue weighted by Gasteiger charge is 2.30. The van der Waals surface area contributed by atoms with E-state index in [1.165, 1.54) is 0 Å². The van der Waals surface area contributed by atoms with Gasteiger partial charge in [0.1, 0.15) is 12.0 Å². The Morgan fingerprint density at radius 3 is 2.50 bits per heavy atom. The molecular weight excluding hydrogens is 499 g/mol. The molecule has 0 aromatic heterocycles. The van der Waals surface area contributed by atoms with Crippen molar-refractivity contribution in [2.75, 3.05) is 22.6 Å². The van der Waals surface area contributed by atoms with Crippen LogP contribution in [0, 0.1) is 13.8 Å². The standard InChI is InChI=1S/C28H26Cl2N2O4/c1-17-6-3-4-7-21(17)27(34)31-20-10-11-22(18(2)14-20)28(35)32-13-5-8-25(36-26(33)16-29)23-15-19(30)9-12-24(23)32/h3-4,6-7,9-12,14-15,25H,5,8,13,16H2,1-2H3,(H,31,34). The summed E-state index contributed by atoms with van der Waals surface area (Å²) < 4.78 is 5.55. The molecule has 186 valence electrons. The van der Waals surface area contributed by atoms with Crippen LogP contribution in [0.15, 0.2) is 60.7 Å². The number of fused-ring (bicyclic) bond motifs is 1. The van der Waals surface area contributed by atoms with Crippen LogP contribution < -0.4 is 10.2 Å². The Morgan fingerprint density at radius 1 is 1.00 bits per heavy atom. The van der Waals surface area contributed by atoms with Crippen LogP contribution in [0.5, 0.6) is 0 Å². The fourth-order valence-electron chi connectivity index (χ4n) is 4.42. The van der Waals surface area contributed by atoms with E-state index in [-0.39, 0.29) is 17.7 Å². The molecule has 1 aliphatic rings. The van der Waals surface area contributed by atoms with Crippen LogP contribution in [0.2, 0.25) is 5.02 Å². The number of anilines is 2. The van der Waals surface area contributed by atoms with Gasteiger partial charge in [-0.05, 0) is 80.3 Å². The normalized spacial score (nSPS) is 15.0. The smallest absolute Gasteiger partial charge is 0.321 e. The third-order valence-electron chi connectivity index (χ3n) is 6.21. The maximum atomic E-state index is 13.7. The summed E-state index contributed by atoms with van der Waals surface area (Å²) in [4.78, 5) is 40.0. The van der Waals surface area contributed by atoms with E-state index in [0.29, 0.717) is 52.5 Å². The summed E-state index contributed by atoms with van der Waals surface area (Å²) in [5, 5.41) is 3.40. The molecule has 1 N–H and O–H groups in total. The first-order chi connectivity index (χ1) is 17.3. The lowest BCUT2D eigenvalue weighted by molar-refractivity contribution is -0.146. The number of halogens is 2. The number of ether oxygens (including phenoxy) is 1. The third kappa shape index (κ3) is 5.55. The van der Waals surface area contributed by atoms with Gasteiger partial charge in [0, 0.05) is 33.9 Å². The number of benzene rings is 3. The van der Waals surface area contributed by atoms with E-state index in [0.717, 1.165) is 11.1 Å². The number of esters is 1. The first kappa shape index (κ1) is 25.7. The van der Waals surface area contributed by atoms with Gasteiger partial charge in [0.2, 0.25) is 0 Å². The number of hydrogen-bond donors (Lipinski definition) is 1. The molecule has 0 saturated carbocycles. The van der Waals surface area contributed by atoms with Gasteiger partial charge in [-0.3, -0.25) is 14.4 Å². The van der Waals surface area contributed by atoms with Crippen molar-refractivity contribution in [2.45, 2.75) is 32.8 Å². The molecule has 0 aliphatic carbocycles. The van der Waals surface area contributed by atoms with Gasteiger partial charge >= 0.3 is 5.97 Å². The van der Waals surface area contributed by atoms with Gasteiger partial charge in [0.05, 0.1) is 5.69 Å². The van der Waals surface area contributed by atoms with Crippen molar-refractivity contribution in [3.63, 3.8) is 0 Å². The minimum Gasteiger partial charge on any atom is -0.457 e. The highest BCUT2D eigenvalue weighted by Crippen LogP contribution is 2.38. The van der Waals surface area contributed by atoms with Crippen molar-refractivity contribution in [1.82, 2.24) is 0 Å². The lowest BCUT2D eigenvalue weighted by Crippen LogP contribution is -2.32. The topological polar surface area (TPSA) is 75.7 Å². The van der Waals surface area contributed by atoms with Gasteiger partial charge in [0.15, 0.2) is 0 Å². The molecule has 4 rings (SSSR count). The first-order valence-electron chi connectivity index (χ1n) is 11.6. The quantitative estimate of drug-likeness (QED) is 0.306. The predicted molar refractivity (Wildman–Crippen MR) is 142 cm³/mol. The second kappa shape index (κ2) is 11.1. The SMILES string of the molecule is Cc1ccccc1C(=O)Nc1ccc(C(=O)N2CCCC(OC(=O)CCl)c3cc(Cl)ccc32)c(C)c1. The van der Waals surface area contributed by atoms with Crippen LogP contribution in [0.4, 0.5) is 11.4 Å². The van der Waals surface area contributed by atoms with Crippen molar-refractivity contribution in [3.8, 4) is 0 Å². The minimum absolute atomic E-state index is 0.183. The summed E-state index contributed by atoms with van der Waals surface area (Å²) in [6.45, 7) is 4.17. The van der Waals surface area contributed by atoms with Crippen LogP contribution in [0.25, 0.3) is 0 Å². The van der Waals surface area contributed by atoms with Crippen molar-refractivity contribution in [3.05, 3.63) is 93.5 Å². The van der Waals surface area contributed by atoms with Gasteiger partial charge < -0.3 is 15.0 Å². The van der Waals surface area contributed by atoms with Crippen LogP contribution >= 0.6 is 23.2 Å². The fraction of sp³-hybridized carbons (Fsp3) is 0.250. The highest BCUT2D eigenvalue weighted by atomic mass is 35.5. The van der Waals surface area contributed by atoms with E-state index in [9.17, 15) is 14.4 Å². The lowest BCUT2D eigenvalue weighted by atomic mass is 10.0. The third-order valence-corrected chi connectivity index (χ3v) is 6.66. The van der Waals surface area contributed by atoms with E-state index in [2.05, 4.69) is 5.32 Å².